The Hall–Kier alpha value is 0.300. The Bertz CT molecular complexity index is 226. The van der Waals surface area contributed by atoms with Gasteiger partial charge in [-0.2, -0.15) is 50.5 Å². The highest BCUT2D eigenvalue weighted by Gasteiger charge is 1.99. The summed E-state index contributed by atoms with van der Waals surface area (Å²) in [5.41, 5.74) is 0. The van der Waals surface area contributed by atoms with E-state index in [1.807, 2.05) is 0 Å². The molecule has 0 rings (SSSR count). The van der Waals surface area contributed by atoms with Gasteiger partial charge in [-0.1, -0.05) is 13.8 Å². The molecule has 9 heteroatoms. The molecule has 0 radical (unpaired) electrons. The Morgan fingerprint density at radius 1 is 0.905 bits per heavy atom. The van der Waals surface area contributed by atoms with Crippen LogP contribution in [0.3, 0.4) is 0 Å². The van der Waals surface area contributed by atoms with Crippen LogP contribution in [0.4, 0.5) is 0 Å². The van der Waals surface area contributed by atoms with E-state index in [9.17, 15) is 9.59 Å². The van der Waals surface area contributed by atoms with Gasteiger partial charge >= 0.3 is 11.9 Å². The average molecular weight is 379 g/mol. The molecule has 21 heavy (non-hydrogen) atoms. The maximum atomic E-state index is 9.76. The third-order valence-corrected chi connectivity index (χ3v) is 2.14. The zero-order valence-corrected chi connectivity index (χ0v) is 15.9. The number of thiol groups is 4. The lowest BCUT2D eigenvalue weighted by Gasteiger charge is -1.94. The maximum absolute atomic E-state index is 9.76. The van der Waals surface area contributed by atoms with Crippen LogP contribution in [-0.2, 0) is 14.3 Å². The Labute approximate surface area is 148 Å². The number of hydrogen-bond acceptors (Lipinski definition) is 7. The Balaban J connectivity index is -0.000000231. The largest absolute Gasteiger partial charge is 0.481 e. The molecule has 0 saturated heterocycles. The topological polar surface area (TPSA) is 83.8 Å². The number of rotatable bonds is 8. The lowest BCUT2D eigenvalue weighted by atomic mass is 10.3. The summed E-state index contributed by atoms with van der Waals surface area (Å²) in [7, 11) is 0. The highest BCUT2D eigenvalue weighted by molar-refractivity contribution is 7.81. The van der Waals surface area contributed by atoms with Crippen molar-refractivity contribution in [2.24, 2.45) is 0 Å². The molecule has 2 atom stereocenters. The number of carboxylic acids is 2. The Kier molecular flexibility index (Phi) is 25.3. The fraction of sp³-hybridized carbons (Fsp3) is 0.833. The van der Waals surface area contributed by atoms with E-state index in [1.165, 1.54) is 0 Å². The number of ether oxygens (including phenoxy) is 1. The van der Waals surface area contributed by atoms with Crippen LogP contribution in [0.2, 0.25) is 0 Å². The van der Waals surface area contributed by atoms with E-state index >= 15 is 0 Å². The van der Waals surface area contributed by atoms with E-state index in [0.29, 0.717) is 0 Å². The first-order chi connectivity index (χ1) is 9.67. The minimum absolute atomic E-state index is 0.0301. The van der Waals surface area contributed by atoms with Crippen LogP contribution in [0.15, 0.2) is 0 Å². The molecule has 0 aromatic heterocycles. The van der Waals surface area contributed by atoms with Crippen LogP contribution in [0.1, 0.15) is 26.7 Å². The van der Waals surface area contributed by atoms with Crippen molar-refractivity contribution in [3.05, 3.63) is 0 Å². The van der Waals surface area contributed by atoms with Gasteiger partial charge in [-0.05, 0) is 0 Å². The second kappa shape index (κ2) is 20.3. The molecule has 2 unspecified atom stereocenters. The van der Waals surface area contributed by atoms with Crippen LogP contribution < -0.4 is 0 Å². The molecule has 0 spiro atoms. The van der Waals surface area contributed by atoms with Crippen LogP contribution in [0.25, 0.3) is 0 Å². The van der Waals surface area contributed by atoms with Crippen molar-refractivity contribution in [3.63, 3.8) is 0 Å². The van der Waals surface area contributed by atoms with Crippen LogP contribution >= 0.6 is 50.5 Å². The predicted octanol–water partition coefficient (Wildman–Crippen LogP) is 2.42. The molecule has 0 fully saturated rings. The normalized spacial score (nSPS) is 12.1. The van der Waals surface area contributed by atoms with Gasteiger partial charge in [0.05, 0.1) is 26.1 Å². The van der Waals surface area contributed by atoms with Crippen molar-refractivity contribution in [2.45, 2.75) is 37.2 Å². The maximum Gasteiger partial charge on any atom is 0.304 e. The van der Waals surface area contributed by atoms with Crippen LogP contribution in [0.5, 0.6) is 0 Å². The van der Waals surface area contributed by atoms with Gasteiger partial charge in [0.1, 0.15) is 0 Å². The molecular formula is C12H26O5S4. The molecule has 128 valence electrons. The number of aliphatic carboxylic acids is 2. The van der Waals surface area contributed by atoms with Gasteiger partial charge < -0.3 is 14.9 Å². The molecule has 2 N–H and O–H groups in total. The average Bonchev–Trinajstić information content (AvgIpc) is 2.27. The van der Waals surface area contributed by atoms with E-state index in [0.717, 1.165) is 24.7 Å². The van der Waals surface area contributed by atoms with Gasteiger partial charge in [0.15, 0.2) is 0 Å². The summed E-state index contributed by atoms with van der Waals surface area (Å²) in [6.45, 7) is 4.97. The summed E-state index contributed by atoms with van der Waals surface area (Å²) in [5, 5.41) is 16.0. The molecule has 0 heterocycles. The lowest BCUT2D eigenvalue weighted by Crippen LogP contribution is -2.01. The van der Waals surface area contributed by atoms with E-state index < -0.39 is 11.9 Å². The molecule has 0 aliphatic heterocycles. The van der Waals surface area contributed by atoms with Crippen molar-refractivity contribution in [2.75, 3.05) is 24.7 Å². The smallest absolute Gasteiger partial charge is 0.304 e. The third-order valence-electron chi connectivity index (χ3n) is 1.41. The van der Waals surface area contributed by atoms with Gasteiger partial charge in [-0.3, -0.25) is 9.59 Å². The number of carboxylic acid groups (broad SMARTS) is 2. The highest BCUT2D eigenvalue weighted by atomic mass is 32.1. The van der Waals surface area contributed by atoms with Gasteiger partial charge in [0.2, 0.25) is 0 Å². The zero-order valence-electron chi connectivity index (χ0n) is 12.3. The SMILES string of the molecule is CC(S)CC(=O)O.CC(S)CC(=O)O.SCCOCCS. The number of hydrogen-bond donors (Lipinski definition) is 6. The molecular weight excluding hydrogens is 352 g/mol. The summed E-state index contributed by atoms with van der Waals surface area (Å²) < 4.78 is 4.98. The molecule has 0 aliphatic rings. The summed E-state index contributed by atoms with van der Waals surface area (Å²) >= 11 is 15.6. The van der Waals surface area contributed by atoms with Crippen molar-refractivity contribution in [1.29, 1.82) is 0 Å². The minimum Gasteiger partial charge on any atom is -0.481 e. The van der Waals surface area contributed by atoms with E-state index in [1.54, 1.807) is 13.8 Å². The summed E-state index contributed by atoms with van der Waals surface area (Å²) in [6.07, 6.45) is 0.284. The zero-order chi connectivity index (χ0) is 17.3. The minimum atomic E-state index is -0.789. The van der Waals surface area contributed by atoms with Crippen molar-refractivity contribution >= 4 is 62.5 Å². The van der Waals surface area contributed by atoms with Crippen LogP contribution in [0, 0.1) is 0 Å². The molecule has 0 saturated carbocycles. The summed E-state index contributed by atoms with van der Waals surface area (Å²) in [6, 6.07) is 0. The second-order valence-electron chi connectivity index (χ2n) is 3.95. The molecule has 0 aromatic rings. The summed E-state index contributed by atoms with van der Waals surface area (Å²) in [4.78, 5) is 19.5. The molecule has 5 nitrogen and oxygen atoms in total. The summed E-state index contributed by atoms with van der Waals surface area (Å²) in [5.74, 6) is 0.0201. The number of carbonyl (C=O) groups is 2. The van der Waals surface area contributed by atoms with Gasteiger partial charge in [-0.15, -0.1) is 0 Å². The van der Waals surface area contributed by atoms with E-state index in [4.69, 9.17) is 14.9 Å². The quantitative estimate of drug-likeness (QED) is 0.289. The second-order valence-corrected chi connectivity index (χ2v) is 6.61. The monoisotopic (exact) mass is 378 g/mol. The Morgan fingerprint density at radius 2 is 1.19 bits per heavy atom. The third kappa shape index (κ3) is 44.9. The first-order valence-corrected chi connectivity index (χ1v) is 8.56. The lowest BCUT2D eigenvalue weighted by molar-refractivity contribution is -0.137. The fourth-order valence-corrected chi connectivity index (χ4v) is 1.31. The van der Waals surface area contributed by atoms with E-state index in [2.05, 4.69) is 50.5 Å². The van der Waals surface area contributed by atoms with Crippen LogP contribution in [-0.4, -0.2) is 57.4 Å². The fourth-order valence-electron chi connectivity index (χ4n) is 0.737. The van der Waals surface area contributed by atoms with E-state index in [-0.39, 0.29) is 23.3 Å². The molecule has 0 bridgehead atoms. The first-order valence-electron chi connectivity index (χ1n) is 6.26. The standard InChI is InChI=1S/2C4H8O2S.C4H10OS2/c2*1-3(7)2-4(5)6;6-3-1-5-2-4-7/h2*3,7H,2H2,1H3,(H,5,6);6-7H,1-4H2. The van der Waals surface area contributed by atoms with Crippen molar-refractivity contribution < 1.29 is 24.5 Å². The molecule has 0 aliphatic carbocycles. The first kappa shape index (κ1) is 26.2. The predicted molar refractivity (Wildman–Crippen MR) is 99.9 cm³/mol. The van der Waals surface area contributed by atoms with Gasteiger partial charge in [0, 0.05) is 22.0 Å². The Morgan fingerprint density at radius 3 is 1.29 bits per heavy atom. The van der Waals surface area contributed by atoms with Crippen molar-refractivity contribution in [1.82, 2.24) is 0 Å². The highest BCUT2D eigenvalue weighted by Crippen LogP contribution is 1.97. The molecule has 0 aromatic carbocycles. The molecule has 0 amide bonds. The van der Waals surface area contributed by atoms with Crippen molar-refractivity contribution in [3.8, 4) is 0 Å². The van der Waals surface area contributed by atoms with Gasteiger partial charge in [-0.25, -0.2) is 0 Å². The van der Waals surface area contributed by atoms with Gasteiger partial charge in [0.25, 0.3) is 0 Å².